The van der Waals surface area contributed by atoms with Gasteiger partial charge in [0.1, 0.15) is 23.7 Å². The largest absolute Gasteiger partial charge is 0.489 e. The summed E-state index contributed by atoms with van der Waals surface area (Å²) in [6, 6.07) is 7.38. The highest BCUT2D eigenvalue weighted by Gasteiger charge is 2.21. The molecule has 2 aliphatic heterocycles. The zero-order valence-corrected chi connectivity index (χ0v) is 28.8. The highest BCUT2D eigenvalue weighted by atomic mass is 16.5. The molecular formula is C36H57N5O4. The van der Waals surface area contributed by atoms with Crippen LogP contribution in [0.25, 0.3) is 0 Å². The van der Waals surface area contributed by atoms with Crippen LogP contribution in [0.15, 0.2) is 89.4 Å². The van der Waals surface area contributed by atoms with Gasteiger partial charge in [-0.15, -0.1) is 6.58 Å². The molecule has 2 heterocycles. The van der Waals surface area contributed by atoms with Crippen molar-refractivity contribution in [2.24, 2.45) is 10.7 Å². The van der Waals surface area contributed by atoms with Crippen LogP contribution in [0.5, 0.6) is 5.75 Å². The lowest BCUT2D eigenvalue weighted by Crippen LogP contribution is -2.48. The number of carbonyl (C=O) groups is 1. The minimum Gasteiger partial charge on any atom is -0.489 e. The maximum atomic E-state index is 12.8. The molecule has 1 aromatic rings. The summed E-state index contributed by atoms with van der Waals surface area (Å²) in [5, 5.41) is 3.03. The number of amides is 1. The second-order valence-corrected chi connectivity index (χ2v) is 10.7. The third-order valence-electron chi connectivity index (χ3n) is 6.63. The average Bonchev–Trinajstić information content (AvgIpc) is 3.03. The molecule has 2 aliphatic rings. The van der Waals surface area contributed by atoms with Crippen LogP contribution < -0.4 is 15.8 Å². The maximum absolute atomic E-state index is 12.8. The van der Waals surface area contributed by atoms with Gasteiger partial charge in [0.25, 0.3) is 5.91 Å². The number of benzene rings is 1. The zero-order valence-electron chi connectivity index (χ0n) is 28.8. The molecule has 0 radical (unpaired) electrons. The molecule has 0 bridgehead atoms. The van der Waals surface area contributed by atoms with Crippen LogP contribution in [0.3, 0.4) is 0 Å². The van der Waals surface area contributed by atoms with Crippen LogP contribution in [0.1, 0.15) is 65.2 Å². The number of aliphatic imine (C=N–C) groups is 1. The van der Waals surface area contributed by atoms with E-state index in [0.29, 0.717) is 23.8 Å². The fraction of sp³-hybridized carbons (Fsp3) is 0.500. The Kier molecular flexibility index (Phi) is 19.7. The fourth-order valence-electron chi connectivity index (χ4n) is 4.35. The molecule has 250 valence electrons. The van der Waals surface area contributed by atoms with Crippen molar-refractivity contribution in [3.63, 3.8) is 0 Å². The molecule has 1 fully saturated rings. The van der Waals surface area contributed by atoms with Gasteiger partial charge in [0.05, 0.1) is 18.1 Å². The van der Waals surface area contributed by atoms with E-state index in [2.05, 4.69) is 35.6 Å². The number of rotatable bonds is 13. The number of nitrogens with two attached hydrogens (primary N) is 1. The van der Waals surface area contributed by atoms with E-state index in [-0.39, 0.29) is 18.1 Å². The number of piperazine rings is 1. The molecule has 2 atom stereocenters. The first kappa shape index (κ1) is 39.2. The summed E-state index contributed by atoms with van der Waals surface area (Å²) in [5.74, 6) is 2.13. The summed E-state index contributed by atoms with van der Waals surface area (Å²) in [6.07, 6.45) is 12.4. The van der Waals surface area contributed by atoms with Gasteiger partial charge in [-0.25, -0.2) is 4.99 Å². The van der Waals surface area contributed by atoms with Gasteiger partial charge in [0, 0.05) is 58.1 Å². The Morgan fingerprint density at radius 3 is 2.33 bits per heavy atom. The van der Waals surface area contributed by atoms with Gasteiger partial charge in [0.15, 0.2) is 0 Å². The molecule has 3 rings (SSSR count). The van der Waals surface area contributed by atoms with Crippen molar-refractivity contribution in [1.29, 1.82) is 0 Å². The van der Waals surface area contributed by atoms with E-state index >= 15 is 0 Å². The van der Waals surface area contributed by atoms with Crippen LogP contribution in [0.2, 0.25) is 0 Å². The lowest BCUT2D eigenvalue weighted by Gasteiger charge is -2.34. The SMILES string of the molecule is C=CCN1CCN(C(=O)c2ccc(OC(C)/C=C(\C=C(\C)CC)OC(C)COC)cc2)CC1.CC.CC(N)=NC1=CNCC=C1. The molecule has 0 aliphatic carbocycles. The lowest BCUT2D eigenvalue weighted by molar-refractivity contribution is 0.0516. The molecule has 3 N–H and O–H groups in total. The van der Waals surface area contributed by atoms with Gasteiger partial charge in [0.2, 0.25) is 0 Å². The number of methoxy groups -OCH3 is 1. The number of nitrogens with zero attached hydrogens (tertiary/aromatic N) is 3. The molecular weight excluding hydrogens is 566 g/mol. The molecule has 2 unspecified atom stereocenters. The highest BCUT2D eigenvalue weighted by molar-refractivity contribution is 5.94. The number of amidine groups is 1. The Balaban J connectivity index is 0.000000707. The summed E-state index contributed by atoms with van der Waals surface area (Å²) >= 11 is 0. The first-order valence-electron chi connectivity index (χ1n) is 16.0. The molecule has 9 heteroatoms. The van der Waals surface area contributed by atoms with Gasteiger partial charge in [-0.3, -0.25) is 9.69 Å². The Hall–Kier alpha value is -3.82. The Labute approximate surface area is 272 Å². The van der Waals surface area contributed by atoms with Crippen molar-refractivity contribution >= 4 is 11.7 Å². The third kappa shape index (κ3) is 16.2. The van der Waals surface area contributed by atoms with Crippen LogP contribution in [0.4, 0.5) is 0 Å². The Morgan fingerprint density at radius 1 is 1.13 bits per heavy atom. The highest BCUT2D eigenvalue weighted by Crippen LogP contribution is 2.18. The molecule has 1 saturated heterocycles. The number of allylic oxidation sites excluding steroid dienone is 3. The van der Waals surface area contributed by atoms with Crippen molar-refractivity contribution in [1.82, 2.24) is 15.1 Å². The summed E-state index contributed by atoms with van der Waals surface area (Å²) < 4.78 is 17.3. The van der Waals surface area contributed by atoms with Crippen molar-refractivity contribution in [3.05, 3.63) is 90.0 Å². The van der Waals surface area contributed by atoms with E-state index in [4.69, 9.17) is 19.9 Å². The number of carbonyl (C=O) groups excluding carboxylic acids is 1. The van der Waals surface area contributed by atoms with E-state index < -0.39 is 0 Å². The number of nitrogens with one attached hydrogen (secondary N) is 1. The van der Waals surface area contributed by atoms with Crippen LogP contribution >= 0.6 is 0 Å². The van der Waals surface area contributed by atoms with Gasteiger partial charge < -0.3 is 30.2 Å². The first-order valence-corrected chi connectivity index (χ1v) is 16.0. The predicted molar refractivity (Wildman–Crippen MR) is 187 cm³/mol. The van der Waals surface area contributed by atoms with Gasteiger partial charge in [-0.2, -0.15) is 0 Å². The number of hydrogen-bond donors (Lipinski definition) is 2. The molecule has 1 aromatic carbocycles. The third-order valence-corrected chi connectivity index (χ3v) is 6.63. The smallest absolute Gasteiger partial charge is 0.253 e. The van der Waals surface area contributed by atoms with E-state index in [1.165, 1.54) is 5.57 Å². The number of dihydropyridines is 1. The van der Waals surface area contributed by atoms with Crippen molar-refractivity contribution < 1.29 is 19.0 Å². The summed E-state index contributed by atoms with van der Waals surface area (Å²) in [5.41, 5.74) is 8.16. The second kappa shape index (κ2) is 22.7. The standard InChI is InChI=1S/C27H40N2O4.C7H11N3.C2H6/c1-7-13-28-14-16-29(17-15-28)27(30)24-9-11-25(12-10-24)32-22(4)19-26(18-21(3)8-2)33-23(5)20-31-6;1-6(8)10-7-3-2-4-9-5-7;1-2/h7,9-12,18-19,22-23H,1,8,13-17,20H2,2-6H3;2-3,5,9H,4H2,1H3,(H2,8,10);1-2H3/b21-18-,26-19+;;. The molecule has 0 aromatic heterocycles. The number of hydrogen-bond acceptors (Lipinski definition) is 7. The molecule has 9 nitrogen and oxygen atoms in total. The number of ether oxygens (including phenoxy) is 3. The van der Waals surface area contributed by atoms with Crippen molar-refractivity contribution in [2.75, 3.05) is 53.0 Å². The van der Waals surface area contributed by atoms with Crippen molar-refractivity contribution in [2.45, 2.75) is 67.1 Å². The minimum absolute atomic E-state index is 0.0571. The second-order valence-electron chi connectivity index (χ2n) is 10.7. The van der Waals surface area contributed by atoms with E-state index in [9.17, 15) is 4.79 Å². The van der Waals surface area contributed by atoms with E-state index in [1.807, 2.05) is 93.4 Å². The van der Waals surface area contributed by atoms with Gasteiger partial charge >= 0.3 is 0 Å². The minimum atomic E-state index is -0.199. The molecule has 0 saturated carbocycles. The van der Waals surface area contributed by atoms with Crippen LogP contribution in [-0.4, -0.2) is 86.7 Å². The monoisotopic (exact) mass is 623 g/mol. The van der Waals surface area contributed by atoms with Gasteiger partial charge in [-0.05, 0) is 76.6 Å². The summed E-state index contributed by atoms with van der Waals surface area (Å²) in [4.78, 5) is 21.1. The van der Waals surface area contributed by atoms with Gasteiger partial charge in [-0.1, -0.05) is 38.5 Å². The zero-order chi connectivity index (χ0) is 33.6. The van der Waals surface area contributed by atoms with Crippen molar-refractivity contribution in [3.8, 4) is 5.75 Å². The first-order chi connectivity index (χ1) is 21.6. The summed E-state index contributed by atoms with van der Waals surface area (Å²) in [6.45, 7) is 23.2. The fourth-order valence-corrected chi connectivity index (χ4v) is 4.35. The normalized spacial score (nSPS) is 16.9. The molecule has 45 heavy (non-hydrogen) atoms. The topological polar surface area (TPSA) is 102 Å². The van der Waals surface area contributed by atoms with Crippen LogP contribution in [0, 0.1) is 0 Å². The average molecular weight is 624 g/mol. The van der Waals surface area contributed by atoms with E-state index in [1.54, 1.807) is 14.0 Å². The Bertz CT molecular complexity index is 1160. The Morgan fingerprint density at radius 2 is 1.80 bits per heavy atom. The molecule has 1 amide bonds. The van der Waals surface area contributed by atoms with Crippen LogP contribution in [-0.2, 0) is 9.47 Å². The quantitative estimate of drug-likeness (QED) is 0.0903. The predicted octanol–water partition coefficient (Wildman–Crippen LogP) is 6.08. The maximum Gasteiger partial charge on any atom is 0.253 e. The summed E-state index contributed by atoms with van der Waals surface area (Å²) in [7, 11) is 1.67. The lowest BCUT2D eigenvalue weighted by atomic mass is 10.1. The molecule has 0 spiro atoms. The van der Waals surface area contributed by atoms with E-state index in [0.717, 1.165) is 57.1 Å².